The van der Waals surface area contributed by atoms with E-state index in [0.717, 1.165) is 24.8 Å². The fraction of sp³-hybridized carbons (Fsp3) is 0.545. The van der Waals surface area contributed by atoms with Gasteiger partial charge in [0.15, 0.2) is 0 Å². The third-order valence-electron chi connectivity index (χ3n) is 2.86. The van der Waals surface area contributed by atoms with Crippen LogP contribution in [0.3, 0.4) is 0 Å². The normalized spacial score (nSPS) is 20.8. The summed E-state index contributed by atoms with van der Waals surface area (Å²) in [5.41, 5.74) is 0.630. The Morgan fingerprint density at radius 2 is 2.44 bits per heavy atom. The summed E-state index contributed by atoms with van der Waals surface area (Å²) in [7, 11) is 0. The first-order chi connectivity index (χ1) is 7.81. The van der Waals surface area contributed by atoms with Gasteiger partial charge in [0.1, 0.15) is 0 Å². The number of amides is 1. The summed E-state index contributed by atoms with van der Waals surface area (Å²) in [5, 5.41) is 8.37. The number of hydrogen-bond donors (Lipinski definition) is 0. The second-order valence-corrected chi connectivity index (χ2v) is 4.69. The molecule has 1 aromatic rings. The summed E-state index contributed by atoms with van der Waals surface area (Å²) in [6.45, 7) is 1.69. The number of carbonyl (C=O) groups excluding carboxylic acids is 1. The van der Waals surface area contributed by atoms with Crippen LogP contribution in [0.25, 0.3) is 0 Å². The molecule has 1 saturated heterocycles. The molecule has 86 valence electrons. The number of rotatable bonds is 2. The maximum absolute atomic E-state index is 12.1. The van der Waals surface area contributed by atoms with E-state index in [1.54, 1.807) is 12.3 Å². The minimum atomic E-state index is 0.0700. The zero-order valence-corrected chi connectivity index (χ0v) is 10.6. The Bertz CT molecular complexity index is 358. The molecule has 0 N–H and O–H groups in total. The molecular weight excluding hydrogens is 270 g/mol. The highest BCUT2D eigenvalue weighted by atomic mass is 79.9. The van der Waals surface area contributed by atoms with Crippen molar-refractivity contribution in [1.82, 2.24) is 15.1 Å². The van der Waals surface area contributed by atoms with Gasteiger partial charge in [0, 0.05) is 18.4 Å². The molecule has 0 bridgehead atoms. The lowest BCUT2D eigenvalue weighted by molar-refractivity contribution is 0.0685. The van der Waals surface area contributed by atoms with E-state index in [-0.39, 0.29) is 5.91 Å². The maximum Gasteiger partial charge on any atom is 0.255 e. The standard InChI is InChI=1S/C11H14BrN3O/c12-6-9-2-1-5-15(8-9)11(16)10-3-4-13-14-7-10/h3-4,7,9H,1-2,5-6,8H2. The molecule has 1 fully saturated rings. The molecule has 2 heterocycles. The Kier molecular flexibility index (Phi) is 3.88. The molecule has 1 unspecified atom stereocenters. The minimum absolute atomic E-state index is 0.0700. The van der Waals surface area contributed by atoms with Gasteiger partial charge in [0.25, 0.3) is 5.91 Å². The van der Waals surface area contributed by atoms with Crippen molar-refractivity contribution in [2.24, 2.45) is 5.92 Å². The highest BCUT2D eigenvalue weighted by molar-refractivity contribution is 9.09. The number of alkyl halides is 1. The summed E-state index contributed by atoms with van der Waals surface area (Å²) in [6.07, 6.45) is 5.36. The largest absolute Gasteiger partial charge is 0.338 e. The van der Waals surface area contributed by atoms with Crippen LogP contribution in [-0.2, 0) is 0 Å². The van der Waals surface area contributed by atoms with E-state index in [4.69, 9.17) is 0 Å². The molecule has 0 radical (unpaired) electrons. The lowest BCUT2D eigenvalue weighted by Gasteiger charge is -2.31. The molecule has 5 heteroatoms. The lowest BCUT2D eigenvalue weighted by Crippen LogP contribution is -2.40. The summed E-state index contributed by atoms with van der Waals surface area (Å²) < 4.78 is 0. The van der Waals surface area contributed by atoms with Crippen molar-refractivity contribution in [3.8, 4) is 0 Å². The topological polar surface area (TPSA) is 46.1 Å². The van der Waals surface area contributed by atoms with Crippen molar-refractivity contribution >= 4 is 21.8 Å². The molecule has 16 heavy (non-hydrogen) atoms. The number of carbonyl (C=O) groups is 1. The predicted molar refractivity (Wildman–Crippen MR) is 64.5 cm³/mol. The molecule has 1 atom stereocenters. The molecule has 4 nitrogen and oxygen atoms in total. The second kappa shape index (κ2) is 5.39. The lowest BCUT2D eigenvalue weighted by atomic mass is 10.00. The number of hydrogen-bond acceptors (Lipinski definition) is 3. The van der Waals surface area contributed by atoms with Gasteiger partial charge in [0.05, 0.1) is 18.0 Å². The van der Waals surface area contributed by atoms with Crippen LogP contribution in [0.4, 0.5) is 0 Å². The quantitative estimate of drug-likeness (QED) is 0.777. The number of nitrogens with zero attached hydrogens (tertiary/aromatic N) is 3. The molecule has 0 aromatic carbocycles. The molecule has 0 spiro atoms. The van der Waals surface area contributed by atoms with E-state index in [0.29, 0.717) is 11.5 Å². The molecule has 0 aliphatic carbocycles. The predicted octanol–water partition coefficient (Wildman–Crippen LogP) is 1.72. The van der Waals surface area contributed by atoms with Crippen molar-refractivity contribution in [1.29, 1.82) is 0 Å². The first-order valence-electron chi connectivity index (χ1n) is 5.43. The Balaban J connectivity index is 2.05. The van der Waals surface area contributed by atoms with E-state index in [9.17, 15) is 4.79 Å². The summed E-state index contributed by atoms with van der Waals surface area (Å²) in [6, 6.07) is 1.72. The van der Waals surface area contributed by atoms with Gasteiger partial charge in [-0.2, -0.15) is 10.2 Å². The summed E-state index contributed by atoms with van der Waals surface area (Å²) in [4.78, 5) is 14.0. The molecule has 1 aliphatic heterocycles. The fourth-order valence-corrected chi connectivity index (χ4v) is 2.50. The molecule has 1 aliphatic rings. The van der Waals surface area contributed by atoms with Crippen LogP contribution in [0.15, 0.2) is 18.5 Å². The highest BCUT2D eigenvalue weighted by Gasteiger charge is 2.23. The summed E-state index contributed by atoms with van der Waals surface area (Å²) >= 11 is 3.48. The average molecular weight is 284 g/mol. The average Bonchev–Trinajstić information content (AvgIpc) is 2.39. The van der Waals surface area contributed by atoms with Crippen LogP contribution in [0, 0.1) is 5.92 Å². The Morgan fingerprint density at radius 3 is 3.12 bits per heavy atom. The molecule has 1 aromatic heterocycles. The van der Waals surface area contributed by atoms with E-state index >= 15 is 0 Å². The monoisotopic (exact) mass is 283 g/mol. The van der Waals surface area contributed by atoms with Crippen LogP contribution in [0.2, 0.25) is 0 Å². The van der Waals surface area contributed by atoms with Gasteiger partial charge >= 0.3 is 0 Å². The SMILES string of the molecule is O=C(c1ccnnc1)N1CCCC(CBr)C1. The van der Waals surface area contributed by atoms with Crippen molar-refractivity contribution in [2.75, 3.05) is 18.4 Å². The number of piperidine rings is 1. The first-order valence-corrected chi connectivity index (χ1v) is 6.55. The number of halogens is 1. The van der Waals surface area contributed by atoms with Crippen molar-refractivity contribution in [3.05, 3.63) is 24.0 Å². The highest BCUT2D eigenvalue weighted by Crippen LogP contribution is 2.19. The zero-order chi connectivity index (χ0) is 11.4. The van der Waals surface area contributed by atoms with Crippen molar-refractivity contribution < 1.29 is 4.79 Å². The minimum Gasteiger partial charge on any atom is -0.338 e. The Morgan fingerprint density at radius 1 is 1.56 bits per heavy atom. The van der Waals surface area contributed by atoms with Crippen molar-refractivity contribution in [3.63, 3.8) is 0 Å². The molecule has 2 rings (SSSR count). The van der Waals surface area contributed by atoms with Gasteiger partial charge in [0.2, 0.25) is 0 Å². The fourth-order valence-electron chi connectivity index (χ4n) is 1.98. The van der Waals surface area contributed by atoms with E-state index in [1.165, 1.54) is 12.6 Å². The van der Waals surface area contributed by atoms with E-state index in [1.807, 2.05) is 4.90 Å². The molecule has 1 amide bonds. The molecule has 0 saturated carbocycles. The van der Waals surface area contributed by atoms with Gasteiger partial charge in [-0.25, -0.2) is 0 Å². The van der Waals surface area contributed by atoms with Gasteiger partial charge in [-0.3, -0.25) is 4.79 Å². The van der Waals surface area contributed by atoms with Crippen LogP contribution < -0.4 is 0 Å². The van der Waals surface area contributed by atoms with Gasteiger partial charge in [-0.05, 0) is 24.8 Å². The number of likely N-dealkylation sites (tertiary alicyclic amines) is 1. The summed E-state index contributed by atoms with van der Waals surface area (Å²) in [5.74, 6) is 0.646. The van der Waals surface area contributed by atoms with Gasteiger partial charge < -0.3 is 4.90 Å². The third kappa shape index (κ3) is 2.58. The Labute approximate surface area is 103 Å². The smallest absolute Gasteiger partial charge is 0.255 e. The van der Waals surface area contributed by atoms with Crippen molar-refractivity contribution in [2.45, 2.75) is 12.8 Å². The van der Waals surface area contributed by atoms with E-state index < -0.39 is 0 Å². The third-order valence-corrected chi connectivity index (χ3v) is 3.77. The Hall–Kier alpha value is -0.970. The van der Waals surface area contributed by atoms with Crippen LogP contribution in [0.5, 0.6) is 0 Å². The van der Waals surface area contributed by atoms with Crippen LogP contribution in [-0.4, -0.2) is 39.4 Å². The molecular formula is C11H14BrN3O. The van der Waals surface area contributed by atoms with Gasteiger partial charge in [-0.1, -0.05) is 15.9 Å². The second-order valence-electron chi connectivity index (χ2n) is 4.04. The zero-order valence-electron chi connectivity index (χ0n) is 8.97. The first kappa shape index (κ1) is 11.5. The number of aromatic nitrogens is 2. The van der Waals surface area contributed by atoms with Crippen LogP contribution in [0.1, 0.15) is 23.2 Å². The van der Waals surface area contributed by atoms with Gasteiger partial charge in [-0.15, -0.1) is 0 Å². The van der Waals surface area contributed by atoms with E-state index in [2.05, 4.69) is 26.1 Å². The maximum atomic E-state index is 12.1. The van der Waals surface area contributed by atoms with Crippen LogP contribution >= 0.6 is 15.9 Å².